The average molecular weight is 350 g/mol. The van der Waals surface area contributed by atoms with E-state index in [0.29, 0.717) is 0 Å². The third-order valence-corrected chi connectivity index (χ3v) is 4.31. The molecule has 136 valence electrons. The number of nitrogens with zero attached hydrogens (tertiary/aromatic N) is 2. The number of benzene rings is 1. The summed E-state index contributed by atoms with van der Waals surface area (Å²) in [7, 11) is 0. The van der Waals surface area contributed by atoms with Crippen LogP contribution < -0.4 is 4.74 Å². The molecule has 0 atom stereocenters. The number of rotatable bonds is 10. The first-order valence-corrected chi connectivity index (χ1v) is 9.26. The van der Waals surface area contributed by atoms with Gasteiger partial charge in [-0.2, -0.15) is 0 Å². The number of furan rings is 1. The molecule has 0 saturated carbocycles. The fraction of sp³-hybridized carbons (Fsp3) is 0.318. The van der Waals surface area contributed by atoms with Crippen molar-refractivity contribution in [3.63, 3.8) is 0 Å². The van der Waals surface area contributed by atoms with E-state index in [1.54, 1.807) is 6.26 Å². The average Bonchev–Trinajstić information content (AvgIpc) is 3.34. The fourth-order valence-corrected chi connectivity index (χ4v) is 2.92. The lowest BCUT2D eigenvalue weighted by molar-refractivity contribution is 0.309. The SMILES string of the molecule is C=CCCCn1ccnc1-c1cc(OCCCC)ccc1-c1ccco1. The number of unbranched alkanes of at least 4 members (excludes halogenated alkanes) is 2. The maximum absolute atomic E-state index is 5.91. The Bertz CT molecular complexity index is 819. The van der Waals surface area contributed by atoms with E-state index in [4.69, 9.17) is 9.15 Å². The standard InChI is InChI=1S/C22H26N2O2/c1-3-5-7-13-24-14-12-23-22(24)20-17-18(25-15-6-4-2)10-11-19(20)21-9-8-16-26-21/h3,8-12,14,16-17H,1,4-7,13,15H2,2H3. The van der Waals surface area contributed by atoms with E-state index in [2.05, 4.69) is 35.2 Å². The zero-order chi connectivity index (χ0) is 18.2. The summed E-state index contributed by atoms with van der Waals surface area (Å²) in [6, 6.07) is 10.0. The number of allylic oxidation sites excluding steroid dienone is 1. The molecule has 0 aliphatic carbocycles. The molecule has 0 spiro atoms. The lowest BCUT2D eigenvalue weighted by Crippen LogP contribution is -2.02. The Labute approximate surface area is 155 Å². The van der Waals surface area contributed by atoms with E-state index >= 15 is 0 Å². The molecule has 0 aliphatic rings. The lowest BCUT2D eigenvalue weighted by Gasteiger charge is -2.13. The van der Waals surface area contributed by atoms with Crippen LogP contribution >= 0.6 is 0 Å². The van der Waals surface area contributed by atoms with E-state index in [1.807, 2.05) is 36.7 Å². The molecule has 1 aromatic carbocycles. The highest BCUT2D eigenvalue weighted by atomic mass is 16.5. The highest BCUT2D eigenvalue weighted by Gasteiger charge is 2.15. The summed E-state index contributed by atoms with van der Waals surface area (Å²) in [6.45, 7) is 7.59. The zero-order valence-electron chi connectivity index (χ0n) is 15.4. The van der Waals surface area contributed by atoms with Gasteiger partial charge in [-0.3, -0.25) is 0 Å². The second-order valence-corrected chi connectivity index (χ2v) is 6.26. The van der Waals surface area contributed by atoms with Gasteiger partial charge in [0.2, 0.25) is 0 Å². The van der Waals surface area contributed by atoms with Crippen LogP contribution in [0.2, 0.25) is 0 Å². The van der Waals surface area contributed by atoms with Crippen molar-refractivity contribution in [2.75, 3.05) is 6.61 Å². The van der Waals surface area contributed by atoms with Gasteiger partial charge in [0, 0.05) is 30.1 Å². The van der Waals surface area contributed by atoms with Gasteiger partial charge in [-0.15, -0.1) is 6.58 Å². The molecule has 0 radical (unpaired) electrons. The summed E-state index contributed by atoms with van der Waals surface area (Å²) in [4.78, 5) is 4.61. The normalized spacial score (nSPS) is 10.8. The number of hydrogen-bond donors (Lipinski definition) is 0. The van der Waals surface area contributed by atoms with Gasteiger partial charge in [-0.05, 0) is 49.6 Å². The summed E-state index contributed by atoms with van der Waals surface area (Å²) in [5.41, 5.74) is 2.05. The second-order valence-electron chi connectivity index (χ2n) is 6.26. The maximum atomic E-state index is 5.91. The number of imidazole rings is 1. The van der Waals surface area contributed by atoms with E-state index in [9.17, 15) is 0 Å². The van der Waals surface area contributed by atoms with Crippen LogP contribution in [-0.4, -0.2) is 16.2 Å². The van der Waals surface area contributed by atoms with Crippen molar-refractivity contribution < 1.29 is 9.15 Å². The molecular formula is C22H26N2O2. The summed E-state index contributed by atoms with van der Waals surface area (Å²) in [5.74, 6) is 2.63. The van der Waals surface area contributed by atoms with Crippen molar-refractivity contribution in [1.82, 2.24) is 9.55 Å². The Morgan fingerprint density at radius 1 is 1.23 bits per heavy atom. The molecule has 0 aliphatic heterocycles. The molecule has 26 heavy (non-hydrogen) atoms. The Balaban J connectivity index is 1.96. The van der Waals surface area contributed by atoms with E-state index in [1.165, 1.54) is 0 Å². The van der Waals surface area contributed by atoms with Crippen LogP contribution in [0.15, 0.2) is 66.1 Å². The van der Waals surface area contributed by atoms with Crippen LogP contribution in [0.25, 0.3) is 22.7 Å². The summed E-state index contributed by atoms with van der Waals surface area (Å²) < 4.78 is 13.7. The molecule has 0 fully saturated rings. The second kappa shape index (κ2) is 9.09. The van der Waals surface area contributed by atoms with Gasteiger partial charge in [0.15, 0.2) is 0 Å². The molecule has 0 unspecified atom stereocenters. The minimum Gasteiger partial charge on any atom is -0.494 e. The Morgan fingerprint density at radius 3 is 2.92 bits per heavy atom. The molecule has 0 bridgehead atoms. The topological polar surface area (TPSA) is 40.2 Å². The van der Waals surface area contributed by atoms with E-state index in [0.717, 1.165) is 67.3 Å². The number of aryl methyl sites for hydroxylation is 1. The molecule has 3 rings (SSSR count). The first-order chi connectivity index (χ1) is 12.8. The van der Waals surface area contributed by atoms with E-state index < -0.39 is 0 Å². The van der Waals surface area contributed by atoms with E-state index in [-0.39, 0.29) is 0 Å². The highest BCUT2D eigenvalue weighted by Crippen LogP contribution is 2.34. The molecular weight excluding hydrogens is 324 g/mol. The number of hydrogen-bond acceptors (Lipinski definition) is 3. The highest BCUT2D eigenvalue weighted by molar-refractivity contribution is 5.79. The Kier molecular flexibility index (Phi) is 6.31. The predicted molar refractivity (Wildman–Crippen MR) is 105 cm³/mol. The van der Waals surface area contributed by atoms with Crippen molar-refractivity contribution in [3.8, 4) is 28.5 Å². The summed E-state index contributed by atoms with van der Waals surface area (Å²) >= 11 is 0. The zero-order valence-corrected chi connectivity index (χ0v) is 15.4. The number of aromatic nitrogens is 2. The minimum absolute atomic E-state index is 0.726. The molecule has 2 heterocycles. The van der Waals surface area contributed by atoms with Gasteiger partial charge in [-0.25, -0.2) is 4.98 Å². The molecule has 0 amide bonds. The van der Waals surface area contributed by atoms with Crippen LogP contribution in [0.4, 0.5) is 0 Å². The molecule has 4 heteroatoms. The van der Waals surface area contributed by atoms with Crippen molar-refractivity contribution >= 4 is 0 Å². The van der Waals surface area contributed by atoms with Gasteiger partial charge >= 0.3 is 0 Å². The quantitative estimate of drug-likeness (QED) is 0.335. The van der Waals surface area contributed by atoms with Crippen LogP contribution in [-0.2, 0) is 6.54 Å². The van der Waals surface area contributed by atoms with Crippen molar-refractivity contribution in [2.24, 2.45) is 0 Å². The minimum atomic E-state index is 0.726. The summed E-state index contributed by atoms with van der Waals surface area (Å²) in [5, 5.41) is 0. The third kappa shape index (κ3) is 4.26. The third-order valence-electron chi connectivity index (χ3n) is 4.31. The smallest absolute Gasteiger partial charge is 0.140 e. The molecule has 0 saturated heterocycles. The van der Waals surface area contributed by atoms with Gasteiger partial charge in [0.1, 0.15) is 17.3 Å². The molecule has 2 aromatic heterocycles. The predicted octanol–water partition coefficient (Wildman–Crippen LogP) is 5.96. The fourth-order valence-electron chi connectivity index (χ4n) is 2.92. The molecule has 0 N–H and O–H groups in total. The molecule has 3 aromatic rings. The largest absolute Gasteiger partial charge is 0.494 e. The lowest BCUT2D eigenvalue weighted by atomic mass is 10.0. The van der Waals surface area contributed by atoms with Crippen molar-refractivity contribution in [3.05, 3.63) is 61.6 Å². The molecule has 4 nitrogen and oxygen atoms in total. The number of ether oxygens (including phenoxy) is 1. The van der Waals surface area contributed by atoms with Crippen LogP contribution in [0.1, 0.15) is 32.6 Å². The van der Waals surface area contributed by atoms with Gasteiger partial charge < -0.3 is 13.7 Å². The first kappa shape index (κ1) is 18.1. The van der Waals surface area contributed by atoms with Crippen molar-refractivity contribution in [2.45, 2.75) is 39.2 Å². The van der Waals surface area contributed by atoms with Crippen molar-refractivity contribution in [1.29, 1.82) is 0 Å². The Morgan fingerprint density at radius 2 is 2.15 bits per heavy atom. The Hall–Kier alpha value is -2.75. The first-order valence-electron chi connectivity index (χ1n) is 9.26. The van der Waals surface area contributed by atoms with Crippen LogP contribution in [0.3, 0.4) is 0 Å². The monoisotopic (exact) mass is 350 g/mol. The van der Waals surface area contributed by atoms with Gasteiger partial charge in [0.05, 0.1) is 12.9 Å². The summed E-state index contributed by atoms with van der Waals surface area (Å²) in [6.07, 6.45) is 11.7. The van der Waals surface area contributed by atoms with Gasteiger partial charge in [0.25, 0.3) is 0 Å². The van der Waals surface area contributed by atoms with Crippen LogP contribution in [0.5, 0.6) is 5.75 Å². The van der Waals surface area contributed by atoms with Gasteiger partial charge in [-0.1, -0.05) is 19.4 Å². The van der Waals surface area contributed by atoms with Crippen LogP contribution in [0, 0.1) is 0 Å². The maximum Gasteiger partial charge on any atom is 0.140 e.